The van der Waals surface area contributed by atoms with E-state index in [4.69, 9.17) is 24.1 Å². The summed E-state index contributed by atoms with van der Waals surface area (Å²) in [6, 6.07) is 0. The van der Waals surface area contributed by atoms with E-state index in [2.05, 4.69) is 6.58 Å². The van der Waals surface area contributed by atoms with Crippen LogP contribution < -0.4 is 0 Å². The van der Waals surface area contributed by atoms with Gasteiger partial charge < -0.3 is 44.5 Å². The van der Waals surface area contributed by atoms with Crippen molar-refractivity contribution < 1.29 is 44.5 Å². The summed E-state index contributed by atoms with van der Waals surface area (Å²) < 4.78 is 21.3. The molecular formula is C15H26O9. The quantitative estimate of drug-likeness (QED) is 0.233. The SMILES string of the molecule is C=CCCCO[C@H]1O[C@H](CO[C@H]2O[C@H](CO)[C@@H](O)[C@@H]2O)[C@@H](O)[C@@H]1O. The zero-order chi connectivity index (χ0) is 17.7. The minimum absolute atomic E-state index is 0.183. The topological polar surface area (TPSA) is 138 Å². The summed E-state index contributed by atoms with van der Waals surface area (Å²) in [5.41, 5.74) is 0. The smallest absolute Gasteiger partial charge is 0.186 e. The average molecular weight is 350 g/mol. The van der Waals surface area contributed by atoms with E-state index in [1.54, 1.807) is 6.08 Å². The second-order valence-electron chi connectivity index (χ2n) is 5.87. The third kappa shape index (κ3) is 4.51. The number of hydrogen-bond donors (Lipinski definition) is 5. The predicted molar refractivity (Wildman–Crippen MR) is 79.8 cm³/mol. The van der Waals surface area contributed by atoms with Gasteiger partial charge in [-0.2, -0.15) is 0 Å². The number of ether oxygens (including phenoxy) is 4. The molecule has 9 heteroatoms. The van der Waals surface area contributed by atoms with Crippen LogP contribution in [0.1, 0.15) is 12.8 Å². The number of rotatable bonds is 9. The van der Waals surface area contributed by atoms with Crippen molar-refractivity contribution in [3.63, 3.8) is 0 Å². The van der Waals surface area contributed by atoms with Gasteiger partial charge >= 0.3 is 0 Å². The molecule has 2 heterocycles. The normalized spacial score (nSPS) is 42.5. The molecule has 0 aromatic rings. The summed E-state index contributed by atoms with van der Waals surface area (Å²) in [7, 11) is 0. The first-order valence-corrected chi connectivity index (χ1v) is 7.97. The van der Waals surface area contributed by atoms with Gasteiger partial charge in [0.25, 0.3) is 0 Å². The standard InChI is InChI=1S/C15H26O9/c1-2-3-4-5-21-14-13(20)11(18)9(24-14)7-22-15-12(19)10(17)8(6-16)23-15/h2,8-20H,1,3-7H2/t8-,9-,10-,11-,12+,13+,14+,15+/m1/s1. The minimum atomic E-state index is -1.32. The third-order valence-corrected chi connectivity index (χ3v) is 4.08. The molecule has 2 aliphatic rings. The average Bonchev–Trinajstić information content (AvgIpc) is 3.01. The number of aliphatic hydroxyl groups excluding tert-OH is 5. The Kier molecular flexibility index (Phi) is 7.54. The van der Waals surface area contributed by atoms with Crippen molar-refractivity contribution >= 4 is 0 Å². The Morgan fingerprint density at radius 2 is 1.46 bits per heavy atom. The van der Waals surface area contributed by atoms with Crippen molar-refractivity contribution in [2.75, 3.05) is 19.8 Å². The summed E-state index contributed by atoms with van der Waals surface area (Å²) >= 11 is 0. The summed E-state index contributed by atoms with van der Waals surface area (Å²) in [6.07, 6.45) is -5.71. The van der Waals surface area contributed by atoms with Crippen molar-refractivity contribution in [3.8, 4) is 0 Å². The van der Waals surface area contributed by atoms with Crippen LogP contribution in [0, 0.1) is 0 Å². The van der Waals surface area contributed by atoms with Gasteiger partial charge in [-0.3, -0.25) is 0 Å². The van der Waals surface area contributed by atoms with Crippen molar-refractivity contribution in [1.29, 1.82) is 0 Å². The summed E-state index contributed by atoms with van der Waals surface area (Å²) in [5, 5.41) is 48.3. The molecule has 2 saturated heterocycles. The van der Waals surface area contributed by atoms with Crippen molar-refractivity contribution in [1.82, 2.24) is 0 Å². The van der Waals surface area contributed by atoms with Crippen LogP contribution in [0.15, 0.2) is 12.7 Å². The number of hydrogen-bond acceptors (Lipinski definition) is 9. The molecule has 0 bridgehead atoms. The van der Waals surface area contributed by atoms with E-state index in [9.17, 15) is 20.4 Å². The summed E-state index contributed by atoms with van der Waals surface area (Å²) in [5.74, 6) is 0. The van der Waals surface area contributed by atoms with Crippen LogP contribution in [0.4, 0.5) is 0 Å². The van der Waals surface area contributed by atoms with Crippen molar-refractivity contribution in [3.05, 3.63) is 12.7 Å². The van der Waals surface area contributed by atoms with Gasteiger partial charge in [0.2, 0.25) is 0 Å². The van der Waals surface area contributed by atoms with Crippen LogP contribution in [0.2, 0.25) is 0 Å². The van der Waals surface area contributed by atoms with Crippen LogP contribution in [0.5, 0.6) is 0 Å². The molecule has 0 aromatic heterocycles. The molecular weight excluding hydrogens is 324 g/mol. The molecule has 140 valence electrons. The van der Waals surface area contributed by atoms with Gasteiger partial charge in [-0.25, -0.2) is 0 Å². The second kappa shape index (κ2) is 9.18. The van der Waals surface area contributed by atoms with Gasteiger partial charge in [0.15, 0.2) is 12.6 Å². The van der Waals surface area contributed by atoms with Crippen molar-refractivity contribution in [2.45, 2.75) is 62.0 Å². The largest absolute Gasteiger partial charge is 0.394 e. The molecule has 8 atom stereocenters. The first-order valence-electron chi connectivity index (χ1n) is 7.97. The van der Waals surface area contributed by atoms with Crippen LogP contribution in [0.25, 0.3) is 0 Å². The van der Waals surface area contributed by atoms with E-state index in [1.807, 2.05) is 0 Å². The molecule has 0 saturated carbocycles. The molecule has 24 heavy (non-hydrogen) atoms. The lowest BCUT2D eigenvalue weighted by molar-refractivity contribution is -0.206. The van der Waals surface area contributed by atoms with Gasteiger partial charge in [0, 0.05) is 0 Å². The first-order chi connectivity index (χ1) is 11.5. The number of aliphatic hydroxyl groups is 5. The van der Waals surface area contributed by atoms with Crippen molar-refractivity contribution in [2.24, 2.45) is 0 Å². The third-order valence-electron chi connectivity index (χ3n) is 4.08. The van der Waals surface area contributed by atoms with Gasteiger partial charge in [0.1, 0.15) is 36.6 Å². The highest BCUT2D eigenvalue weighted by molar-refractivity contribution is 4.89. The molecule has 9 nitrogen and oxygen atoms in total. The van der Waals surface area contributed by atoms with E-state index in [0.29, 0.717) is 6.61 Å². The summed E-state index contributed by atoms with van der Waals surface area (Å²) in [4.78, 5) is 0. The van der Waals surface area contributed by atoms with Gasteiger partial charge in [-0.1, -0.05) is 6.08 Å². The lowest BCUT2D eigenvalue weighted by Gasteiger charge is -2.19. The zero-order valence-corrected chi connectivity index (χ0v) is 13.3. The fourth-order valence-electron chi connectivity index (χ4n) is 2.61. The molecule has 2 rings (SSSR count). The summed E-state index contributed by atoms with van der Waals surface area (Å²) in [6.45, 7) is 3.30. The Bertz CT molecular complexity index is 393. The van der Waals surface area contributed by atoms with Gasteiger partial charge in [-0.15, -0.1) is 6.58 Å². The van der Waals surface area contributed by atoms with E-state index in [-0.39, 0.29) is 6.61 Å². The van der Waals surface area contributed by atoms with Crippen LogP contribution >= 0.6 is 0 Å². The van der Waals surface area contributed by atoms with E-state index < -0.39 is 55.8 Å². The van der Waals surface area contributed by atoms with Crippen LogP contribution in [-0.4, -0.2) is 94.6 Å². The van der Waals surface area contributed by atoms with Gasteiger partial charge in [-0.05, 0) is 12.8 Å². The Morgan fingerprint density at radius 3 is 2.04 bits per heavy atom. The lowest BCUT2D eigenvalue weighted by atomic mass is 10.1. The highest BCUT2D eigenvalue weighted by Crippen LogP contribution is 2.26. The second-order valence-corrected chi connectivity index (χ2v) is 5.87. The van der Waals surface area contributed by atoms with Crippen LogP contribution in [0.3, 0.4) is 0 Å². The lowest BCUT2D eigenvalue weighted by Crippen LogP contribution is -2.38. The first kappa shape index (κ1) is 19.7. The fraction of sp³-hybridized carbons (Fsp3) is 0.867. The highest BCUT2D eigenvalue weighted by Gasteiger charge is 2.46. The molecule has 0 radical (unpaired) electrons. The van der Waals surface area contributed by atoms with E-state index in [1.165, 1.54) is 0 Å². The molecule has 0 aromatic carbocycles. The maximum atomic E-state index is 9.98. The van der Waals surface area contributed by atoms with E-state index >= 15 is 0 Å². The molecule has 2 fully saturated rings. The maximum absolute atomic E-state index is 9.98. The maximum Gasteiger partial charge on any atom is 0.186 e. The Labute approximate surface area is 140 Å². The molecule has 0 aliphatic carbocycles. The molecule has 5 N–H and O–H groups in total. The Morgan fingerprint density at radius 1 is 0.875 bits per heavy atom. The zero-order valence-electron chi connectivity index (χ0n) is 13.3. The minimum Gasteiger partial charge on any atom is -0.394 e. The highest BCUT2D eigenvalue weighted by atomic mass is 16.7. The number of unbranched alkanes of at least 4 members (excludes halogenated alkanes) is 1. The Hall–Kier alpha value is -0.620. The molecule has 0 spiro atoms. The predicted octanol–water partition coefficient (Wildman–Crippen LogP) is -2.13. The fourth-order valence-corrected chi connectivity index (χ4v) is 2.61. The van der Waals surface area contributed by atoms with Gasteiger partial charge in [0.05, 0.1) is 19.8 Å². The van der Waals surface area contributed by atoms with Crippen LogP contribution in [-0.2, 0) is 18.9 Å². The Balaban J connectivity index is 1.77. The number of allylic oxidation sites excluding steroid dienone is 1. The molecule has 0 unspecified atom stereocenters. The van der Waals surface area contributed by atoms with E-state index in [0.717, 1.165) is 12.8 Å². The monoisotopic (exact) mass is 350 g/mol. The molecule has 2 aliphatic heterocycles. The molecule has 0 amide bonds.